The number of pyridine rings is 1. The lowest BCUT2D eigenvalue weighted by atomic mass is 10.2. The van der Waals surface area contributed by atoms with Gasteiger partial charge in [0.05, 0.1) is 30.0 Å². The second-order valence-electron chi connectivity index (χ2n) is 9.39. The Kier molecular flexibility index (Phi) is 6.73. The zero-order chi connectivity index (χ0) is 25.7. The summed E-state index contributed by atoms with van der Waals surface area (Å²) in [6.45, 7) is 3.69. The van der Waals surface area contributed by atoms with E-state index >= 15 is 0 Å². The molecule has 1 saturated heterocycles. The number of carbonyl (C=O) groups excluding carboxylic acids is 1. The molecule has 38 heavy (non-hydrogen) atoms. The van der Waals surface area contributed by atoms with Crippen LogP contribution in [0.4, 0.5) is 17.3 Å². The third-order valence-electron chi connectivity index (χ3n) is 6.68. The molecule has 5 aromatic rings. The van der Waals surface area contributed by atoms with Gasteiger partial charge in [-0.2, -0.15) is 5.10 Å². The quantitative estimate of drug-likeness (QED) is 0.294. The largest absolute Gasteiger partial charge is 0.340 e. The molecule has 190 valence electrons. The third-order valence-corrected chi connectivity index (χ3v) is 6.68. The number of benzene rings is 2. The highest BCUT2D eigenvalue weighted by Gasteiger charge is 2.11. The number of amides is 1. The Bertz CT molecular complexity index is 1610. The molecule has 9 nitrogen and oxygen atoms in total. The third kappa shape index (κ3) is 5.37. The molecule has 0 bridgehead atoms. The molecule has 0 spiro atoms. The lowest BCUT2D eigenvalue weighted by Crippen LogP contribution is -2.19. The highest BCUT2D eigenvalue weighted by molar-refractivity contribution is 6.00. The Morgan fingerprint density at radius 1 is 0.974 bits per heavy atom. The van der Waals surface area contributed by atoms with Crippen molar-refractivity contribution in [2.45, 2.75) is 19.4 Å². The van der Waals surface area contributed by atoms with Gasteiger partial charge in [0, 0.05) is 29.1 Å². The van der Waals surface area contributed by atoms with Crippen molar-refractivity contribution in [1.82, 2.24) is 29.6 Å². The molecule has 0 unspecified atom stereocenters. The molecule has 3 aromatic heterocycles. The summed E-state index contributed by atoms with van der Waals surface area (Å²) in [6, 6.07) is 18.2. The van der Waals surface area contributed by atoms with Gasteiger partial charge >= 0.3 is 0 Å². The standard InChI is InChI=1S/C29H28N8O/c38-28(9-6-14-36-12-4-5-13-36)35-27-16-24-25(18-30-27)31-20-32-29(24)34-23-10-11-26-22(15-23)17-33-37(26)19-21-7-2-1-3-8-21/h1-3,6-11,15-18,20H,4-5,12-14,19H2,(H,30,35,38)(H,31,32,34). The Morgan fingerprint density at radius 2 is 1.84 bits per heavy atom. The van der Waals surface area contributed by atoms with Crippen LogP contribution in [0.1, 0.15) is 18.4 Å². The maximum atomic E-state index is 12.4. The van der Waals surface area contributed by atoms with Crippen molar-refractivity contribution in [3.8, 4) is 0 Å². The second-order valence-corrected chi connectivity index (χ2v) is 9.39. The molecule has 6 rings (SSSR count). The summed E-state index contributed by atoms with van der Waals surface area (Å²) in [4.78, 5) is 27.9. The zero-order valence-corrected chi connectivity index (χ0v) is 20.9. The maximum absolute atomic E-state index is 12.4. The number of rotatable bonds is 8. The van der Waals surface area contributed by atoms with Crippen molar-refractivity contribution in [2.75, 3.05) is 30.3 Å². The number of aromatic nitrogens is 5. The van der Waals surface area contributed by atoms with Crippen molar-refractivity contribution in [3.63, 3.8) is 0 Å². The molecule has 1 amide bonds. The summed E-state index contributed by atoms with van der Waals surface area (Å²) in [5.41, 5.74) is 3.82. The van der Waals surface area contributed by atoms with Crippen molar-refractivity contribution >= 4 is 45.0 Å². The minimum atomic E-state index is -0.208. The fourth-order valence-corrected chi connectivity index (χ4v) is 4.75. The Hall–Kier alpha value is -4.63. The van der Waals surface area contributed by atoms with Gasteiger partial charge in [0.1, 0.15) is 18.0 Å². The van der Waals surface area contributed by atoms with Crippen LogP contribution in [0.15, 0.2) is 85.5 Å². The lowest BCUT2D eigenvalue weighted by Gasteiger charge is -2.11. The monoisotopic (exact) mass is 504 g/mol. The number of nitrogens with zero attached hydrogens (tertiary/aromatic N) is 6. The van der Waals surface area contributed by atoms with Gasteiger partial charge in [-0.3, -0.25) is 14.4 Å². The van der Waals surface area contributed by atoms with E-state index in [0.29, 0.717) is 23.7 Å². The normalized spacial score (nSPS) is 14.0. The van der Waals surface area contributed by atoms with E-state index in [1.165, 1.54) is 24.7 Å². The number of hydrogen-bond acceptors (Lipinski definition) is 7. The molecule has 0 aliphatic carbocycles. The van der Waals surface area contributed by atoms with Crippen molar-refractivity contribution < 1.29 is 4.79 Å². The van der Waals surface area contributed by atoms with Gasteiger partial charge in [-0.05, 0) is 55.8 Å². The van der Waals surface area contributed by atoms with Crippen molar-refractivity contribution in [2.24, 2.45) is 0 Å². The number of likely N-dealkylation sites (tertiary alicyclic amines) is 1. The molecule has 4 heterocycles. The van der Waals surface area contributed by atoms with E-state index in [1.807, 2.05) is 47.3 Å². The average Bonchev–Trinajstić information content (AvgIpc) is 3.60. The van der Waals surface area contributed by atoms with Crippen LogP contribution >= 0.6 is 0 Å². The van der Waals surface area contributed by atoms with Crippen LogP contribution in [0.3, 0.4) is 0 Å². The molecule has 9 heteroatoms. The summed E-state index contributed by atoms with van der Waals surface area (Å²) in [6.07, 6.45) is 10.9. The smallest absolute Gasteiger partial charge is 0.249 e. The van der Waals surface area contributed by atoms with Gasteiger partial charge in [0.15, 0.2) is 0 Å². The molecule has 0 atom stereocenters. The minimum absolute atomic E-state index is 0.208. The summed E-state index contributed by atoms with van der Waals surface area (Å²) in [7, 11) is 0. The van der Waals surface area contributed by atoms with Crippen molar-refractivity contribution in [3.05, 3.63) is 91.0 Å². The molecule has 1 fully saturated rings. The first kappa shape index (κ1) is 23.7. The molecule has 0 saturated carbocycles. The first-order chi connectivity index (χ1) is 18.7. The number of nitrogens with one attached hydrogen (secondary N) is 2. The fraction of sp³-hybridized carbons (Fsp3) is 0.207. The van der Waals surface area contributed by atoms with Crippen LogP contribution in [0.25, 0.3) is 21.8 Å². The minimum Gasteiger partial charge on any atom is -0.340 e. The predicted molar refractivity (Wildman–Crippen MR) is 149 cm³/mol. The first-order valence-corrected chi connectivity index (χ1v) is 12.8. The Balaban J connectivity index is 1.18. The molecule has 2 aromatic carbocycles. The van der Waals surface area contributed by atoms with Gasteiger partial charge in [-0.1, -0.05) is 36.4 Å². The molecule has 1 aliphatic rings. The summed E-state index contributed by atoms with van der Waals surface area (Å²) >= 11 is 0. The maximum Gasteiger partial charge on any atom is 0.249 e. The number of anilines is 3. The van der Waals surface area contributed by atoms with E-state index in [0.717, 1.165) is 41.6 Å². The average molecular weight is 505 g/mol. The van der Waals surface area contributed by atoms with E-state index in [2.05, 4.69) is 53.8 Å². The van der Waals surface area contributed by atoms with E-state index < -0.39 is 0 Å². The SMILES string of the molecule is O=C(C=CCN1CCCC1)Nc1cc2c(Nc3ccc4c(cnn4Cc4ccccc4)c3)ncnc2cn1. The van der Waals surface area contributed by atoms with E-state index in [9.17, 15) is 4.79 Å². The lowest BCUT2D eigenvalue weighted by molar-refractivity contribution is -0.111. The van der Waals surface area contributed by atoms with Gasteiger partial charge in [0.25, 0.3) is 0 Å². The van der Waals surface area contributed by atoms with E-state index in [1.54, 1.807) is 18.3 Å². The first-order valence-electron chi connectivity index (χ1n) is 12.8. The van der Waals surface area contributed by atoms with E-state index in [4.69, 9.17) is 0 Å². The van der Waals surface area contributed by atoms with Gasteiger partial charge < -0.3 is 10.6 Å². The number of hydrogen-bond donors (Lipinski definition) is 2. The van der Waals surface area contributed by atoms with Crippen LogP contribution in [-0.2, 0) is 11.3 Å². The Labute approximate surface area is 220 Å². The fourth-order valence-electron chi connectivity index (χ4n) is 4.75. The highest BCUT2D eigenvalue weighted by Crippen LogP contribution is 2.27. The number of fused-ring (bicyclic) bond motifs is 2. The van der Waals surface area contributed by atoms with Crippen LogP contribution in [0, 0.1) is 0 Å². The van der Waals surface area contributed by atoms with Gasteiger partial charge in [-0.25, -0.2) is 15.0 Å². The molecule has 2 N–H and O–H groups in total. The summed E-state index contributed by atoms with van der Waals surface area (Å²) in [5, 5.41) is 12.6. The zero-order valence-electron chi connectivity index (χ0n) is 20.9. The highest BCUT2D eigenvalue weighted by atomic mass is 16.1. The molecule has 0 radical (unpaired) electrons. The molecule has 1 aliphatic heterocycles. The number of carbonyl (C=O) groups is 1. The van der Waals surface area contributed by atoms with Crippen LogP contribution in [0.5, 0.6) is 0 Å². The van der Waals surface area contributed by atoms with Crippen LogP contribution < -0.4 is 10.6 Å². The van der Waals surface area contributed by atoms with Crippen LogP contribution in [-0.4, -0.2) is 55.2 Å². The Morgan fingerprint density at radius 3 is 2.71 bits per heavy atom. The summed E-state index contributed by atoms with van der Waals surface area (Å²) < 4.78 is 1.99. The van der Waals surface area contributed by atoms with Gasteiger partial charge in [-0.15, -0.1) is 0 Å². The van der Waals surface area contributed by atoms with Gasteiger partial charge in [0.2, 0.25) is 5.91 Å². The van der Waals surface area contributed by atoms with E-state index in [-0.39, 0.29) is 5.91 Å². The van der Waals surface area contributed by atoms with Crippen LogP contribution in [0.2, 0.25) is 0 Å². The van der Waals surface area contributed by atoms with Crippen molar-refractivity contribution in [1.29, 1.82) is 0 Å². The molecular weight excluding hydrogens is 476 g/mol. The topological polar surface area (TPSA) is 101 Å². The second kappa shape index (κ2) is 10.8. The molecular formula is C29H28N8O. The summed E-state index contributed by atoms with van der Waals surface area (Å²) in [5.74, 6) is 0.873. The predicted octanol–water partition coefficient (Wildman–Crippen LogP) is 4.76.